The molecule has 13 heteroatoms. The molecule has 4 fully saturated rings. The molecule has 2 heterocycles. The molecule has 0 aromatic rings. The van der Waals surface area contributed by atoms with Crippen molar-refractivity contribution in [1.82, 2.24) is 25.8 Å². The number of amides is 5. The first-order valence-corrected chi connectivity index (χ1v) is 14.3. The number of urea groups is 1. The lowest BCUT2D eigenvalue weighted by atomic mass is 9.85. The minimum atomic E-state index is -4.60. The smallest absolute Gasteiger partial charge is 0.350 e. The summed E-state index contributed by atoms with van der Waals surface area (Å²) in [5.74, 6) is -1.72. The number of hydrogen-bond donors (Lipinski definition) is 3. The summed E-state index contributed by atoms with van der Waals surface area (Å²) >= 11 is 0. The molecule has 0 aromatic carbocycles. The van der Waals surface area contributed by atoms with Crippen LogP contribution in [0.3, 0.4) is 0 Å². The summed E-state index contributed by atoms with van der Waals surface area (Å²) in [5, 5.41) is 18.1. The molecule has 3 N–H and O–H groups in total. The minimum absolute atomic E-state index is 0.0201. The molecule has 41 heavy (non-hydrogen) atoms. The Bertz CT molecular complexity index is 1140. The van der Waals surface area contributed by atoms with Crippen LogP contribution in [0.4, 0.5) is 18.0 Å². The van der Waals surface area contributed by atoms with Gasteiger partial charge in [0.15, 0.2) is 0 Å². The number of fused-ring (bicyclic) bond motifs is 1. The standard InChI is InChI=1S/C28H41F3N6O4/c1-7-36(14-28(29,30)31)24(41)34-20(25(2,3)4)23(40)37-13-17-18(26(17,5)6)19(37)22(39)33-16(12-32)10-15-11-27(8-9-27)35-21(15)38/h15-20H,7-11,13-14H2,1-6H3,(H,33,39)(H,34,41)(H,35,38)/t15-,16+,17?,18?,19?,20-/m1/s1. The van der Waals surface area contributed by atoms with E-state index in [-0.39, 0.29) is 54.1 Å². The van der Waals surface area contributed by atoms with E-state index < -0.39 is 54.1 Å². The van der Waals surface area contributed by atoms with Crippen LogP contribution in [0.5, 0.6) is 0 Å². The summed E-state index contributed by atoms with van der Waals surface area (Å²) in [7, 11) is 0. The predicted molar refractivity (Wildman–Crippen MR) is 142 cm³/mol. The molecule has 4 rings (SSSR count). The highest BCUT2D eigenvalue weighted by Crippen LogP contribution is 2.65. The third-order valence-corrected chi connectivity index (χ3v) is 9.42. The third kappa shape index (κ3) is 6.26. The van der Waals surface area contributed by atoms with E-state index in [2.05, 4.69) is 22.0 Å². The first kappa shape index (κ1) is 30.9. The van der Waals surface area contributed by atoms with Gasteiger partial charge in [-0.25, -0.2) is 4.79 Å². The number of carbonyl (C=O) groups excluding carboxylic acids is 4. The van der Waals surface area contributed by atoms with Crippen molar-refractivity contribution >= 4 is 23.8 Å². The van der Waals surface area contributed by atoms with E-state index in [9.17, 15) is 37.6 Å². The number of alkyl halides is 3. The van der Waals surface area contributed by atoms with Gasteiger partial charge in [-0.2, -0.15) is 18.4 Å². The number of halogens is 3. The second-order valence-corrected chi connectivity index (χ2v) is 13.9. The van der Waals surface area contributed by atoms with Crippen molar-refractivity contribution in [2.45, 2.75) is 97.1 Å². The molecule has 6 atom stereocenters. The number of nitriles is 1. The summed E-state index contributed by atoms with van der Waals surface area (Å²) in [5.41, 5.74) is -1.26. The summed E-state index contributed by atoms with van der Waals surface area (Å²) < 4.78 is 39.1. The summed E-state index contributed by atoms with van der Waals surface area (Å²) in [4.78, 5) is 54.9. The van der Waals surface area contributed by atoms with Gasteiger partial charge in [-0.05, 0) is 55.3 Å². The second kappa shape index (κ2) is 10.3. The van der Waals surface area contributed by atoms with Gasteiger partial charge in [-0.1, -0.05) is 34.6 Å². The molecule has 2 saturated carbocycles. The molecule has 0 radical (unpaired) electrons. The Balaban J connectivity index is 1.50. The number of nitrogens with zero attached hydrogens (tertiary/aromatic N) is 3. The van der Waals surface area contributed by atoms with Crippen LogP contribution in [-0.2, 0) is 14.4 Å². The topological polar surface area (TPSA) is 135 Å². The summed E-state index contributed by atoms with van der Waals surface area (Å²) in [6.45, 7) is 9.09. The van der Waals surface area contributed by atoms with Crippen LogP contribution < -0.4 is 16.0 Å². The van der Waals surface area contributed by atoms with E-state index in [1.165, 1.54) is 11.8 Å². The maximum Gasteiger partial charge on any atom is 0.406 e. The van der Waals surface area contributed by atoms with Crippen molar-refractivity contribution in [3.63, 3.8) is 0 Å². The largest absolute Gasteiger partial charge is 0.406 e. The number of rotatable bonds is 8. The Morgan fingerprint density at radius 1 is 1.20 bits per heavy atom. The lowest BCUT2D eigenvalue weighted by molar-refractivity contribution is -0.144. The van der Waals surface area contributed by atoms with Crippen LogP contribution in [0.25, 0.3) is 0 Å². The van der Waals surface area contributed by atoms with Crippen molar-refractivity contribution in [3.05, 3.63) is 0 Å². The molecule has 5 amide bonds. The Labute approximate surface area is 238 Å². The van der Waals surface area contributed by atoms with Crippen LogP contribution in [0.15, 0.2) is 0 Å². The molecule has 228 valence electrons. The molecule has 1 spiro atoms. The minimum Gasteiger partial charge on any atom is -0.350 e. The van der Waals surface area contributed by atoms with Crippen LogP contribution in [0.2, 0.25) is 0 Å². The Hall–Kier alpha value is -3.04. The second-order valence-electron chi connectivity index (χ2n) is 13.9. The van der Waals surface area contributed by atoms with E-state index in [1.54, 1.807) is 20.8 Å². The SMILES string of the molecule is CCN(CC(F)(F)F)C(=O)N[C@H](C(=O)N1CC2C(C1C(=O)N[C@H](C#N)C[C@@H]1CC3(CC3)NC1=O)C2(C)C)C(C)(C)C. The van der Waals surface area contributed by atoms with Crippen LogP contribution in [0.1, 0.15) is 67.2 Å². The van der Waals surface area contributed by atoms with Gasteiger partial charge in [0.25, 0.3) is 0 Å². The Kier molecular flexibility index (Phi) is 7.80. The van der Waals surface area contributed by atoms with Crippen molar-refractivity contribution < 1.29 is 32.3 Å². The zero-order valence-corrected chi connectivity index (χ0v) is 24.5. The van der Waals surface area contributed by atoms with Crippen molar-refractivity contribution in [1.29, 1.82) is 5.26 Å². The maximum atomic E-state index is 13.9. The molecule has 10 nitrogen and oxygen atoms in total. The van der Waals surface area contributed by atoms with Gasteiger partial charge in [0.05, 0.1) is 6.07 Å². The van der Waals surface area contributed by atoms with E-state index in [0.29, 0.717) is 11.3 Å². The summed E-state index contributed by atoms with van der Waals surface area (Å²) in [6, 6.07) is -1.97. The average Bonchev–Trinajstić information content (AvgIpc) is 3.57. The average molecular weight is 583 g/mol. The normalized spacial score (nSPS) is 28.7. The molecular formula is C28H41F3N6O4. The van der Waals surface area contributed by atoms with Crippen molar-refractivity contribution in [2.75, 3.05) is 19.6 Å². The quantitative estimate of drug-likeness (QED) is 0.405. The molecule has 3 unspecified atom stereocenters. The van der Waals surface area contributed by atoms with Crippen LogP contribution >= 0.6 is 0 Å². The van der Waals surface area contributed by atoms with Gasteiger partial charge in [0.2, 0.25) is 17.7 Å². The zero-order valence-electron chi connectivity index (χ0n) is 24.5. The van der Waals surface area contributed by atoms with Gasteiger partial charge < -0.3 is 25.8 Å². The molecule has 4 aliphatic rings. The highest BCUT2D eigenvalue weighted by Gasteiger charge is 2.70. The van der Waals surface area contributed by atoms with Crippen LogP contribution in [0, 0.1) is 39.9 Å². The number of hydrogen-bond acceptors (Lipinski definition) is 5. The highest BCUT2D eigenvalue weighted by molar-refractivity contribution is 5.94. The van der Waals surface area contributed by atoms with E-state index in [1.807, 2.05) is 13.8 Å². The fraction of sp³-hybridized carbons (Fsp3) is 0.821. The van der Waals surface area contributed by atoms with Crippen LogP contribution in [-0.4, -0.2) is 83.0 Å². The fourth-order valence-electron chi connectivity index (χ4n) is 6.72. The maximum absolute atomic E-state index is 13.9. The highest BCUT2D eigenvalue weighted by atomic mass is 19.4. The van der Waals surface area contributed by atoms with Gasteiger partial charge in [0, 0.05) is 24.5 Å². The van der Waals surface area contributed by atoms with Crippen molar-refractivity contribution in [2.24, 2.45) is 28.6 Å². The molecule has 2 saturated heterocycles. The summed E-state index contributed by atoms with van der Waals surface area (Å²) in [6.07, 6.45) is -1.99. The van der Waals surface area contributed by atoms with Gasteiger partial charge >= 0.3 is 12.2 Å². The first-order valence-electron chi connectivity index (χ1n) is 14.3. The molecule has 2 aliphatic heterocycles. The predicted octanol–water partition coefficient (Wildman–Crippen LogP) is 2.55. The molecule has 0 aromatic heterocycles. The monoisotopic (exact) mass is 582 g/mol. The van der Waals surface area contributed by atoms with E-state index in [0.717, 1.165) is 12.8 Å². The van der Waals surface area contributed by atoms with E-state index in [4.69, 9.17) is 0 Å². The third-order valence-electron chi connectivity index (χ3n) is 9.42. The van der Waals surface area contributed by atoms with Gasteiger partial charge in [-0.15, -0.1) is 0 Å². The molecule has 2 aliphatic carbocycles. The van der Waals surface area contributed by atoms with Gasteiger partial charge in [0.1, 0.15) is 24.7 Å². The zero-order chi connectivity index (χ0) is 30.7. The number of piperidine rings is 1. The Morgan fingerprint density at radius 3 is 2.32 bits per heavy atom. The number of likely N-dealkylation sites (tertiary alicyclic amines) is 1. The lowest BCUT2D eigenvalue weighted by Gasteiger charge is -2.38. The fourth-order valence-corrected chi connectivity index (χ4v) is 6.72. The van der Waals surface area contributed by atoms with Gasteiger partial charge in [-0.3, -0.25) is 14.4 Å². The first-order chi connectivity index (χ1) is 18.8. The molecule has 0 bridgehead atoms. The van der Waals surface area contributed by atoms with E-state index >= 15 is 0 Å². The van der Waals surface area contributed by atoms with Crippen molar-refractivity contribution in [3.8, 4) is 6.07 Å². The molecular weight excluding hydrogens is 541 g/mol. The Morgan fingerprint density at radius 2 is 1.83 bits per heavy atom. The number of carbonyl (C=O) groups is 4. The number of nitrogens with one attached hydrogen (secondary N) is 3. The lowest BCUT2D eigenvalue weighted by Crippen LogP contribution is -2.61.